The van der Waals surface area contributed by atoms with Crippen molar-refractivity contribution in [1.82, 2.24) is 20.0 Å². The molecule has 1 fully saturated rings. The van der Waals surface area contributed by atoms with Crippen LogP contribution in [0.25, 0.3) is 0 Å². The van der Waals surface area contributed by atoms with Crippen LogP contribution in [0.2, 0.25) is 5.02 Å². The predicted octanol–water partition coefficient (Wildman–Crippen LogP) is 2.59. The fourth-order valence-electron chi connectivity index (χ4n) is 2.47. The quantitative estimate of drug-likeness (QED) is 0.944. The summed E-state index contributed by atoms with van der Waals surface area (Å²) in [5.41, 5.74) is 0.487. The molecule has 1 saturated heterocycles. The molecule has 7 heteroatoms. The van der Waals surface area contributed by atoms with Crippen molar-refractivity contribution < 1.29 is 9.32 Å². The molecule has 0 aliphatic carbocycles. The zero-order chi connectivity index (χ0) is 14.1. The van der Waals surface area contributed by atoms with Crippen molar-refractivity contribution in [2.24, 2.45) is 0 Å². The number of carbonyl (C=O) groups excluding carboxylic acids is 1. The first-order valence-corrected chi connectivity index (χ1v) is 7.04. The van der Waals surface area contributed by atoms with E-state index in [2.05, 4.69) is 15.1 Å². The average Bonchev–Trinajstić information content (AvgIpc) is 3.17. The first kappa shape index (κ1) is 13.2. The van der Waals surface area contributed by atoms with Crippen LogP contribution in [0.3, 0.4) is 0 Å². The Morgan fingerprint density at radius 1 is 1.65 bits per heavy atom. The Morgan fingerprint density at radius 2 is 2.50 bits per heavy atom. The van der Waals surface area contributed by atoms with Crippen molar-refractivity contribution in [1.29, 1.82) is 0 Å². The van der Waals surface area contributed by atoms with E-state index in [0.29, 0.717) is 35.4 Å². The second-order valence-electron chi connectivity index (χ2n) is 4.79. The van der Waals surface area contributed by atoms with Gasteiger partial charge in [0.05, 0.1) is 11.1 Å². The van der Waals surface area contributed by atoms with Gasteiger partial charge in [0.2, 0.25) is 5.89 Å². The van der Waals surface area contributed by atoms with Gasteiger partial charge in [-0.1, -0.05) is 23.7 Å². The molecule has 1 amide bonds. The highest BCUT2D eigenvalue weighted by atomic mass is 35.5. The van der Waals surface area contributed by atoms with Gasteiger partial charge in [-0.15, -0.1) is 0 Å². The molecule has 0 bridgehead atoms. The molecule has 1 N–H and O–H groups in total. The van der Waals surface area contributed by atoms with E-state index in [1.807, 2.05) is 6.92 Å². The second-order valence-corrected chi connectivity index (χ2v) is 5.22. The summed E-state index contributed by atoms with van der Waals surface area (Å²) in [4.78, 5) is 21.5. The van der Waals surface area contributed by atoms with Crippen LogP contribution in [0.4, 0.5) is 0 Å². The van der Waals surface area contributed by atoms with Crippen LogP contribution in [0.1, 0.15) is 48.0 Å². The molecule has 0 saturated carbocycles. The number of hydrogen-bond donors (Lipinski definition) is 1. The summed E-state index contributed by atoms with van der Waals surface area (Å²) in [7, 11) is 0. The van der Waals surface area contributed by atoms with E-state index >= 15 is 0 Å². The van der Waals surface area contributed by atoms with Crippen LogP contribution in [0, 0.1) is 0 Å². The number of nitrogens with one attached hydrogen (secondary N) is 1. The number of halogens is 1. The van der Waals surface area contributed by atoms with Crippen LogP contribution < -0.4 is 0 Å². The fourth-order valence-corrected chi connectivity index (χ4v) is 2.63. The van der Waals surface area contributed by atoms with E-state index in [-0.39, 0.29) is 11.9 Å². The summed E-state index contributed by atoms with van der Waals surface area (Å²) in [5, 5.41) is 4.51. The summed E-state index contributed by atoms with van der Waals surface area (Å²) in [5.74, 6) is 1.11. The zero-order valence-corrected chi connectivity index (χ0v) is 11.9. The lowest BCUT2D eigenvalue weighted by Gasteiger charge is -2.21. The highest BCUT2D eigenvalue weighted by Crippen LogP contribution is 2.31. The number of amides is 1. The summed E-state index contributed by atoms with van der Waals surface area (Å²) in [6.07, 6.45) is 4.08. The Labute approximate surface area is 121 Å². The molecule has 1 unspecified atom stereocenters. The van der Waals surface area contributed by atoms with Crippen molar-refractivity contribution >= 4 is 17.5 Å². The lowest BCUT2D eigenvalue weighted by molar-refractivity contribution is 0.0723. The Morgan fingerprint density at radius 3 is 3.15 bits per heavy atom. The zero-order valence-electron chi connectivity index (χ0n) is 11.1. The monoisotopic (exact) mass is 294 g/mol. The van der Waals surface area contributed by atoms with Gasteiger partial charge in [0.25, 0.3) is 5.91 Å². The van der Waals surface area contributed by atoms with Gasteiger partial charge in [-0.3, -0.25) is 4.79 Å². The van der Waals surface area contributed by atoms with Gasteiger partial charge in [-0.2, -0.15) is 4.98 Å². The normalized spacial score (nSPS) is 18.7. The Kier molecular flexibility index (Phi) is 3.48. The molecule has 3 heterocycles. The molecule has 0 spiro atoms. The third-order valence-electron chi connectivity index (χ3n) is 3.48. The first-order chi connectivity index (χ1) is 9.69. The molecule has 3 rings (SSSR count). The molecular formula is C13H15ClN4O2. The highest BCUT2D eigenvalue weighted by Gasteiger charge is 2.34. The van der Waals surface area contributed by atoms with E-state index in [1.54, 1.807) is 17.2 Å². The van der Waals surface area contributed by atoms with Gasteiger partial charge in [0.1, 0.15) is 5.69 Å². The van der Waals surface area contributed by atoms with Gasteiger partial charge >= 0.3 is 0 Å². The molecule has 20 heavy (non-hydrogen) atoms. The number of aromatic nitrogens is 3. The number of H-pyrrole nitrogens is 1. The van der Waals surface area contributed by atoms with E-state index in [1.165, 1.54) is 0 Å². The van der Waals surface area contributed by atoms with Gasteiger partial charge in [-0.05, 0) is 18.9 Å². The Balaban J connectivity index is 1.83. The van der Waals surface area contributed by atoms with E-state index in [4.69, 9.17) is 16.1 Å². The third-order valence-corrected chi connectivity index (χ3v) is 3.69. The van der Waals surface area contributed by atoms with Crippen molar-refractivity contribution in [3.8, 4) is 0 Å². The predicted molar refractivity (Wildman–Crippen MR) is 72.5 cm³/mol. The number of nitrogens with zero attached hydrogens (tertiary/aromatic N) is 3. The number of aryl methyl sites for hydroxylation is 1. The van der Waals surface area contributed by atoms with Gasteiger partial charge in [0.15, 0.2) is 5.82 Å². The van der Waals surface area contributed by atoms with Crippen molar-refractivity contribution in [2.45, 2.75) is 32.2 Å². The molecule has 2 aromatic rings. The van der Waals surface area contributed by atoms with Crippen molar-refractivity contribution in [3.63, 3.8) is 0 Å². The van der Waals surface area contributed by atoms with E-state index in [9.17, 15) is 4.79 Å². The molecule has 1 atom stereocenters. The molecule has 1 aliphatic rings. The number of carbonyl (C=O) groups is 1. The molecule has 106 valence electrons. The van der Waals surface area contributed by atoms with E-state index in [0.717, 1.165) is 12.8 Å². The standard InChI is InChI=1S/C13H15ClN4O2/c1-2-11-16-12(17-20-11)10-4-3-5-18(10)13(19)9-6-8(14)7-15-9/h6-7,10,15H,2-5H2,1H3. The minimum Gasteiger partial charge on any atom is -0.356 e. The van der Waals surface area contributed by atoms with Crippen LogP contribution in [0.5, 0.6) is 0 Å². The number of rotatable bonds is 3. The average molecular weight is 295 g/mol. The molecular weight excluding hydrogens is 280 g/mol. The summed E-state index contributed by atoms with van der Waals surface area (Å²) in [6, 6.07) is 1.51. The fraction of sp³-hybridized carbons (Fsp3) is 0.462. The second kappa shape index (κ2) is 5.28. The maximum absolute atomic E-state index is 12.5. The van der Waals surface area contributed by atoms with Crippen LogP contribution >= 0.6 is 11.6 Å². The SMILES string of the molecule is CCc1nc(C2CCCN2C(=O)c2cc(Cl)c[nH]2)no1. The molecule has 0 aromatic carbocycles. The summed E-state index contributed by atoms with van der Waals surface area (Å²) in [6.45, 7) is 2.64. The van der Waals surface area contributed by atoms with Crippen LogP contribution in [-0.4, -0.2) is 32.5 Å². The smallest absolute Gasteiger partial charge is 0.270 e. The van der Waals surface area contributed by atoms with Crippen LogP contribution in [0.15, 0.2) is 16.8 Å². The first-order valence-electron chi connectivity index (χ1n) is 6.66. The van der Waals surface area contributed by atoms with Gasteiger partial charge in [-0.25, -0.2) is 0 Å². The Hall–Kier alpha value is -1.82. The van der Waals surface area contributed by atoms with Crippen molar-refractivity contribution in [3.05, 3.63) is 34.7 Å². The molecule has 6 nitrogen and oxygen atoms in total. The Bertz CT molecular complexity index is 621. The molecule has 0 radical (unpaired) electrons. The third kappa shape index (κ3) is 2.31. The van der Waals surface area contributed by atoms with Crippen molar-refractivity contribution in [2.75, 3.05) is 6.54 Å². The summed E-state index contributed by atoms with van der Waals surface area (Å²) >= 11 is 5.85. The lowest BCUT2D eigenvalue weighted by Crippen LogP contribution is -2.31. The highest BCUT2D eigenvalue weighted by molar-refractivity contribution is 6.30. The topological polar surface area (TPSA) is 75.0 Å². The van der Waals surface area contributed by atoms with Gasteiger partial charge < -0.3 is 14.4 Å². The van der Waals surface area contributed by atoms with Gasteiger partial charge in [0, 0.05) is 19.2 Å². The number of hydrogen-bond acceptors (Lipinski definition) is 4. The van der Waals surface area contributed by atoms with E-state index < -0.39 is 0 Å². The molecule has 2 aromatic heterocycles. The summed E-state index contributed by atoms with van der Waals surface area (Å²) < 4.78 is 5.14. The maximum atomic E-state index is 12.5. The number of aromatic amines is 1. The maximum Gasteiger partial charge on any atom is 0.270 e. The minimum absolute atomic E-state index is 0.0813. The minimum atomic E-state index is -0.117. The van der Waals surface area contributed by atoms with Crippen LogP contribution in [-0.2, 0) is 6.42 Å². The molecule has 1 aliphatic heterocycles. The lowest BCUT2D eigenvalue weighted by atomic mass is 10.2. The number of likely N-dealkylation sites (tertiary alicyclic amines) is 1. The largest absolute Gasteiger partial charge is 0.356 e.